The van der Waals surface area contributed by atoms with Crippen LogP contribution in [-0.4, -0.2) is 37.2 Å². The molecule has 0 saturated heterocycles. The molecule has 1 unspecified atom stereocenters. The topological polar surface area (TPSA) is 67.9 Å². The molecule has 0 aliphatic carbocycles. The Morgan fingerprint density at radius 3 is 2.73 bits per heavy atom. The number of carbonyl (C=O) groups excluding carboxylic acids is 2. The summed E-state index contributed by atoms with van der Waals surface area (Å²) in [6, 6.07) is 10.8. The number of rotatable bonds is 6. The molecule has 0 spiro atoms. The van der Waals surface area contributed by atoms with Crippen LogP contribution in [0.3, 0.4) is 0 Å². The third-order valence-corrected chi connectivity index (χ3v) is 4.48. The van der Waals surface area contributed by atoms with Crippen LogP contribution in [0.5, 0.6) is 11.5 Å². The van der Waals surface area contributed by atoms with Crippen LogP contribution < -0.4 is 19.7 Å². The molecule has 1 aliphatic heterocycles. The maximum Gasteiger partial charge on any atom is 0.422 e. The van der Waals surface area contributed by atoms with Crippen LogP contribution in [0.4, 0.5) is 24.5 Å². The maximum absolute atomic E-state index is 12.5. The van der Waals surface area contributed by atoms with Crippen LogP contribution in [0.25, 0.3) is 0 Å². The van der Waals surface area contributed by atoms with E-state index in [0.29, 0.717) is 11.4 Å². The lowest BCUT2D eigenvalue weighted by atomic mass is 10.1. The van der Waals surface area contributed by atoms with Gasteiger partial charge in [0.25, 0.3) is 5.91 Å². The number of para-hydroxylation sites is 2. The first-order chi connectivity index (χ1) is 14.1. The van der Waals surface area contributed by atoms with Crippen LogP contribution in [0.2, 0.25) is 5.02 Å². The smallest absolute Gasteiger partial charge is 0.422 e. The van der Waals surface area contributed by atoms with Gasteiger partial charge >= 0.3 is 6.18 Å². The Kier molecular flexibility index (Phi) is 6.40. The first kappa shape index (κ1) is 21.8. The summed E-state index contributed by atoms with van der Waals surface area (Å²) >= 11 is 5.88. The van der Waals surface area contributed by atoms with Crippen LogP contribution in [0.1, 0.15) is 13.3 Å². The predicted molar refractivity (Wildman–Crippen MR) is 105 cm³/mol. The molecule has 1 atom stereocenters. The van der Waals surface area contributed by atoms with E-state index in [9.17, 15) is 22.8 Å². The standard InChI is InChI=1S/C20H18ClF3N2O4/c1-12-19(28)26(15-4-2-3-5-17(15)30-12)9-8-18(27)25-14-10-13(21)6-7-16(14)29-11-20(22,23)24/h2-7,10,12H,8-9,11H2,1H3,(H,25,27). The van der Waals surface area contributed by atoms with Gasteiger partial charge in [-0.15, -0.1) is 0 Å². The van der Waals surface area contributed by atoms with Crippen LogP contribution in [0.15, 0.2) is 42.5 Å². The number of fused-ring (bicyclic) bond motifs is 1. The van der Waals surface area contributed by atoms with E-state index in [1.54, 1.807) is 31.2 Å². The molecule has 10 heteroatoms. The fourth-order valence-corrected chi connectivity index (χ4v) is 3.07. The Hall–Kier alpha value is -2.94. The van der Waals surface area contributed by atoms with Crippen molar-refractivity contribution in [3.63, 3.8) is 0 Å². The lowest BCUT2D eigenvalue weighted by molar-refractivity contribution is -0.153. The number of alkyl halides is 3. The van der Waals surface area contributed by atoms with Gasteiger partial charge in [-0.3, -0.25) is 9.59 Å². The average molecular weight is 443 g/mol. The highest BCUT2D eigenvalue weighted by Crippen LogP contribution is 2.34. The van der Waals surface area contributed by atoms with Gasteiger partial charge in [0.2, 0.25) is 5.91 Å². The van der Waals surface area contributed by atoms with E-state index in [-0.39, 0.29) is 35.3 Å². The summed E-state index contributed by atoms with van der Waals surface area (Å²) in [5.41, 5.74) is 0.559. The van der Waals surface area contributed by atoms with Crippen molar-refractivity contribution in [2.75, 3.05) is 23.4 Å². The monoisotopic (exact) mass is 442 g/mol. The molecule has 0 saturated carbocycles. The number of nitrogens with one attached hydrogen (secondary N) is 1. The third kappa shape index (κ3) is 5.35. The van der Waals surface area contributed by atoms with E-state index in [2.05, 4.69) is 5.32 Å². The van der Waals surface area contributed by atoms with E-state index < -0.39 is 24.8 Å². The van der Waals surface area contributed by atoms with Crippen LogP contribution in [-0.2, 0) is 9.59 Å². The Balaban J connectivity index is 1.68. The Bertz CT molecular complexity index is 952. The second-order valence-electron chi connectivity index (χ2n) is 6.56. The first-order valence-corrected chi connectivity index (χ1v) is 9.38. The van der Waals surface area contributed by atoms with E-state index in [4.69, 9.17) is 21.1 Å². The molecule has 1 heterocycles. The summed E-state index contributed by atoms with van der Waals surface area (Å²) in [5.74, 6) is -0.439. The molecule has 2 amide bonds. The predicted octanol–water partition coefficient (Wildman–Crippen LogP) is 4.42. The molecule has 160 valence electrons. The quantitative estimate of drug-likeness (QED) is 0.719. The minimum absolute atomic E-state index is 0.0128. The van der Waals surface area contributed by atoms with E-state index >= 15 is 0 Å². The molecule has 0 aromatic heterocycles. The van der Waals surface area contributed by atoms with Crippen LogP contribution >= 0.6 is 11.6 Å². The highest BCUT2D eigenvalue weighted by Gasteiger charge is 2.31. The van der Waals surface area contributed by atoms with Crippen molar-refractivity contribution in [2.24, 2.45) is 0 Å². The molecule has 6 nitrogen and oxygen atoms in total. The summed E-state index contributed by atoms with van der Waals surface area (Å²) in [6.45, 7) is 0.171. The van der Waals surface area contributed by atoms with Crippen molar-refractivity contribution in [3.05, 3.63) is 47.5 Å². The molecule has 2 aromatic rings. The lowest BCUT2D eigenvalue weighted by Crippen LogP contribution is -2.45. The van der Waals surface area contributed by atoms with Crippen molar-refractivity contribution < 1.29 is 32.2 Å². The fourth-order valence-electron chi connectivity index (χ4n) is 2.90. The van der Waals surface area contributed by atoms with Crippen molar-refractivity contribution in [2.45, 2.75) is 25.6 Å². The zero-order valence-corrected chi connectivity index (χ0v) is 16.6. The fraction of sp³-hybridized carbons (Fsp3) is 0.300. The Labute approximate surface area is 175 Å². The normalized spacial score (nSPS) is 16.0. The summed E-state index contributed by atoms with van der Waals surface area (Å²) in [6.07, 6.45) is -5.32. The van der Waals surface area contributed by atoms with E-state index in [1.807, 2.05) is 0 Å². The van der Waals surface area contributed by atoms with Gasteiger partial charge in [0.05, 0.1) is 11.4 Å². The number of halogens is 4. The second-order valence-corrected chi connectivity index (χ2v) is 7.00. The Morgan fingerprint density at radius 2 is 2.00 bits per heavy atom. The summed E-state index contributed by atoms with van der Waals surface area (Å²) in [7, 11) is 0. The molecule has 1 N–H and O–H groups in total. The number of nitrogens with zero attached hydrogens (tertiary/aromatic N) is 1. The van der Waals surface area contributed by atoms with Gasteiger partial charge in [-0.1, -0.05) is 23.7 Å². The highest BCUT2D eigenvalue weighted by atomic mass is 35.5. The molecule has 2 aromatic carbocycles. The molecular formula is C20H18ClF3N2O4. The number of benzene rings is 2. The maximum atomic E-state index is 12.5. The average Bonchev–Trinajstić information content (AvgIpc) is 2.67. The van der Waals surface area contributed by atoms with Gasteiger partial charge in [-0.25, -0.2) is 0 Å². The van der Waals surface area contributed by atoms with Gasteiger partial charge in [0.1, 0.15) is 11.5 Å². The number of hydrogen-bond donors (Lipinski definition) is 1. The van der Waals surface area contributed by atoms with Gasteiger partial charge in [0, 0.05) is 18.0 Å². The molecule has 0 fully saturated rings. The molecule has 1 aliphatic rings. The lowest BCUT2D eigenvalue weighted by Gasteiger charge is -2.32. The van der Waals surface area contributed by atoms with Crippen LogP contribution in [0, 0.1) is 0 Å². The van der Waals surface area contributed by atoms with Crippen molar-refractivity contribution in [3.8, 4) is 11.5 Å². The minimum atomic E-state index is -4.53. The molecule has 0 radical (unpaired) electrons. The Morgan fingerprint density at radius 1 is 1.27 bits per heavy atom. The minimum Gasteiger partial charge on any atom is -0.482 e. The summed E-state index contributed by atoms with van der Waals surface area (Å²) < 4.78 is 47.6. The molecular weight excluding hydrogens is 425 g/mol. The van der Waals surface area contributed by atoms with Crippen molar-refractivity contribution >= 4 is 34.8 Å². The van der Waals surface area contributed by atoms with Gasteiger partial charge in [-0.05, 0) is 37.3 Å². The van der Waals surface area contributed by atoms with Gasteiger partial charge in [0.15, 0.2) is 12.7 Å². The number of anilines is 2. The van der Waals surface area contributed by atoms with Gasteiger partial charge in [-0.2, -0.15) is 13.2 Å². The largest absolute Gasteiger partial charge is 0.482 e. The van der Waals surface area contributed by atoms with Gasteiger partial charge < -0.3 is 19.7 Å². The SMILES string of the molecule is CC1Oc2ccccc2N(CCC(=O)Nc2cc(Cl)ccc2OCC(F)(F)F)C1=O. The summed E-state index contributed by atoms with van der Waals surface area (Å²) in [5, 5.41) is 2.71. The van der Waals surface area contributed by atoms with Crippen molar-refractivity contribution in [1.29, 1.82) is 0 Å². The number of carbonyl (C=O) groups is 2. The van der Waals surface area contributed by atoms with E-state index in [0.717, 1.165) is 0 Å². The number of amides is 2. The number of hydrogen-bond acceptors (Lipinski definition) is 4. The third-order valence-electron chi connectivity index (χ3n) is 4.24. The zero-order chi connectivity index (χ0) is 21.9. The molecule has 0 bridgehead atoms. The van der Waals surface area contributed by atoms with Crippen molar-refractivity contribution in [1.82, 2.24) is 0 Å². The van der Waals surface area contributed by atoms with E-state index in [1.165, 1.54) is 23.1 Å². The first-order valence-electron chi connectivity index (χ1n) is 9.00. The molecule has 30 heavy (non-hydrogen) atoms. The molecule has 3 rings (SSSR count). The second kappa shape index (κ2) is 8.83. The highest BCUT2D eigenvalue weighted by molar-refractivity contribution is 6.31. The zero-order valence-electron chi connectivity index (χ0n) is 15.8. The summed E-state index contributed by atoms with van der Waals surface area (Å²) in [4.78, 5) is 26.3. The number of ether oxygens (including phenoxy) is 2.